The molecule has 1 aromatic heterocycles. The molecule has 35 heavy (non-hydrogen) atoms. The van der Waals surface area contributed by atoms with Gasteiger partial charge >= 0.3 is 5.97 Å². The molecule has 3 aromatic carbocycles. The highest BCUT2D eigenvalue weighted by atomic mass is 35.5. The van der Waals surface area contributed by atoms with E-state index in [2.05, 4.69) is 11.2 Å². The van der Waals surface area contributed by atoms with Crippen molar-refractivity contribution in [3.8, 4) is 5.75 Å². The van der Waals surface area contributed by atoms with Gasteiger partial charge < -0.3 is 9.84 Å². The minimum Gasteiger partial charge on any atom is -0.477 e. The van der Waals surface area contributed by atoms with Crippen LogP contribution in [0.5, 0.6) is 5.75 Å². The quantitative estimate of drug-likeness (QED) is 0.324. The Bertz CT molecular complexity index is 1400. The number of ether oxygens (including phenoxy) is 1. The average Bonchev–Trinajstić information content (AvgIpc) is 3.35. The van der Waals surface area contributed by atoms with Crippen molar-refractivity contribution >= 4 is 23.6 Å². The Hall–Kier alpha value is -3.83. The zero-order valence-corrected chi connectivity index (χ0v) is 20.0. The van der Waals surface area contributed by atoms with Crippen LogP contribution in [0.3, 0.4) is 0 Å². The molecular formula is C29H25ClN2O3. The van der Waals surface area contributed by atoms with E-state index in [0.29, 0.717) is 10.8 Å². The number of aromatic nitrogens is 2. The number of halogens is 1. The third-order valence-corrected chi connectivity index (χ3v) is 6.66. The maximum absolute atomic E-state index is 12.5. The summed E-state index contributed by atoms with van der Waals surface area (Å²) in [6.07, 6.45) is 9.30. The van der Waals surface area contributed by atoms with Crippen molar-refractivity contribution in [3.05, 3.63) is 124 Å². The number of fused-ring (bicyclic) bond motifs is 1. The Morgan fingerprint density at radius 2 is 1.83 bits per heavy atom. The number of aliphatic carboxylic acids is 1. The molecule has 1 aliphatic rings. The van der Waals surface area contributed by atoms with Crippen molar-refractivity contribution in [1.29, 1.82) is 0 Å². The second kappa shape index (κ2) is 9.43. The highest BCUT2D eigenvalue weighted by molar-refractivity contribution is 6.30. The molecule has 0 saturated heterocycles. The third kappa shape index (κ3) is 4.47. The number of allylic oxidation sites excluding steroid dienone is 1. The van der Waals surface area contributed by atoms with Gasteiger partial charge in [-0.25, -0.2) is 9.48 Å². The van der Waals surface area contributed by atoms with E-state index >= 15 is 0 Å². The summed E-state index contributed by atoms with van der Waals surface area (Å²) in [5.41, 5.74) is 3.21. The molecule has 0 aliphatic heterocycles. The topological polar surface area (TPSA) is 64.3 Å². The predicted octanol–water partition coefficient (Wildman–Crippen LogP) is 6.51. The fourth-order valence-corrected chi connectivity index (χ4v) is 4.77. The SMILES string of the molecule is CC(Oc1cccc2c1CCC=C2)(C(=O)O)n1cc(C(c2ccccc2)c2cccc(Cl)c2)cn1. The number of hydrogen-bond acceptors (Lipinski definition) is 3. The van der Waals surface area contributed by atoms with Gasteiger partial charge in [0.05, 0.1) is 6.20 Å². The first-order chi connectivity index (χ1) is 17.0. The minimum atomic E-state index is -1.73. The van der Waals surface area contributed by atoms with Crippen LogP contribution in [0.2, 0.25) is 5.02 Å². The van der Waals surface area contributed by atoms with Crippen molar-refractivity contribution < 1.29 is 14.6 Å². The first kappa shape index (κ1) is 22.9. The Labute approximate surface area is 209 Å². The average molecular weight is 485 g/mol. The Balaban J connectivity index is 1.56. The van der Waals surface area contributed by atoms with E-state index < -0.39 is 11.7 Å². The zero-order valence-electron chi connectivity index (χ0n) is 19.3. The van der Waals surface area contributed by atoms with Gasteiger partial charge in [0.1, 0.15) is 5.75 Å². The lowest BCUT2D eigenvalue weighted by molar-refractivity contribution is -0.164. The molecule has 0 amide bonds. The fraction of sp³-hybridized carbons (Fsp3) is 0.172. The highest BCUT2D eigenvalue weighted by Crippen LogP contribution is 2.36. The van der Waals surface area contributed by atoms with E-state index in [-0.39, 0.29) is 5.92 Å². The van der Waals surface area contributed by atoms with Crippen molar-refractivity contribution in [2.75, 3.05) is 0 Å². The molecular weight excluding hydrogens is 460 g/mol. The van der Waals surface area contributed by atoms with Crippen molar-refractivity contribution in [3.63, 3.8) is 0 Å². The molecule has 176 valence electrons. The van der Waals surface area contributed by atoms with Crippen molar-refractivity contribution in [2.24, 2.45) is 0 Å². The number of rotatable bonds is 7. The molecule has 4 aromatic rings. The summed E-state index contributed by atoms with van der Waals surface area (Å²) < 4.78 is 7.61. The summed E-state index contributed by atoms with van der Waals surface area (Å²) in [5, 5.41) is 15.4. The Morgan fingerprint density at radius 1 is 1.06 bits per heavy atom. The van der Waals surface area contributed by atoms with Gasteiger partial charge in [-0.1, -0.05) is 78.4 Å². The summed E-state index contributed by atoms with van der Waals surface area (Å²) in [4.78, 5) is 12.5. The van der Waals surface area contributed by atoms with Crippen molar-refractivity contribution in [2.45, 2.75) is 31.4 Å². The molecule has 0 spiro atoms. The maximum Gasteiger partial charge on any atom is 0.371 e. The van der Waals surface area contributed by atoms with Crippen LogP contribution >= 0.6 is 11.6 Å². The smallest absolute Gasteiger partial charge is 0.371 e. The lowest BCUT2D eigenvalue weighted by atomic mass is 9.87. The Morgan fingerprint density at radius 3 is 2.60 bits per heavy atom. The molecule has 1 aliphatic carbocycles. The van der Waals surface area contributed by atoms with E-state index in [1.807, 2.05) is 78.9 Å². The number of carboxylic acids is 1. The first-order valence-electron chi connectivity index (χ1n) is 11.5. The summed E-state index contributed by atoms with van der Waals surface area (Å²) in [7, 11) is 0. The van der Waals surface area contributed by atoms with E-state index in [4.69, 9.17) is 16.3 Å². The molecule has 5 nitrogen and oxygen atoms in total. The lowest BCUT2D eigenvalue weighted by Gasteiger charge is -2.28. The number of carbonyl (C=O) groups is 1. The van der Waals surface area contributed by atoms with Crippen LogP contribution in [0.15, 0.2) is 91.3 Å². The van der Waals surface area contributed by atoms with Gasteiger partial charge in [-0.05, 0) is 47.7 Å². The third-order valence-electron chi connectivity index (χ3n) is 6.42. The standard InChI is InChI=1S/C29H25ClN2O3/c1-29(28(33)34,35-26-16-8-12-20-9-5-6-15-25(20)26)32-19-23(18-31-32)27(21-10-3-2-4-11-21)22-13-7-14-24(30)17-22/h2-5,7-14,16-19,27H,6,15H2,1H3,(H,33,34). The van der Waals surface area contributed by atoms with Crippen LogP contribution in [0.25, 0.3) is 6.08 Å². The predicted molar refractivity (Wildman–Crippen MR) is 137 cm³/mol. The van der Waals surface area contributed by atoms with Crippen LogP contribution in [0.1, 0.15) is 47.1 Å². The van der Waals surface area contributed by atoms with E-state index in [1.165, 1.54) is 11.6 Å². The largest absolute Gasteiger partial charge is 0.477 e. The molecule has 1 heterocycles. The van der Waals surface area contributed by atoms with E-state index in [9.17, 15) is 9.90 Å². The van der Waals surface area contributed by atoms with E-state index in [0.717, 1.165) is 40.7 Å². The number of hydrogen-bond donors (Lipinski definition) is 1. The first-order valence-corrected chi connectivity index (χ1v) is 11.9. The summed E-state index contributed by atoms with van der Waals surface area (Å²) in [6, 6.07) is 23.4. The normalized spacial score (nSPS) is 15.1. The van der Waals surface area contributed by atoms with Crippen molar-refractivity contribution in [1.82, 2.24) is 9.78 Å². The van der Waals surface area contributed by atoms with Gasteiger partial charge in [0.2, 0.25) is 0 Å². The van der Waals surface area contributed by atoms with Crippen LogP contribution in [-0.2, 0) is 16.9 Å². The summed E-state index contributed by atoms with van der Waals surface area (Å²) in [6.45, 7) is 1.53. The number of nitrogens with zero attached hydrogens (tertiary/aromatic N) is 2. The second-order valence-electron chi connectivity index (χ2n) is 8.77. The second-order valence-corrected chi connectivity index (χ2v) is 9.21. The zero-order chi connectivity index (χ0) is 24.4. The molecule has 6 heteroatoms. The highest BCUT2D eigenvalue weighted by Gasteiger charge is 2.40. The minimum absolute atomic E-state index is 0.170. The molecule has 0 saturated carbocycles. The van der Waals surface area contributed by atoms with Gasteiger partial charge in [0.15, 0.2) is 0 Å². The van der Waals surface area contributed by atoms with E-state index in [1.54, 1.807) is 12.4 Å². The fourth-order valence-electron chi connectivity index (χ4n) is 4.57. The van der Waals surface area contributed by atoms with Crippen LogP contribution in [0, 0.1) is 0 Å². The molecule has 0 radical (unpaired) electrons. The number of benzene rings is 3. The van der Waals surface area contributed by atoms with Gasteiger partial charge in [-0.3, -0.25) is 0 Å². The van der Waals surface area contributed by atoms with Gasteiger partial charge in [-0.15, -0.1) is 0 Å². The molecule has 0 fully saturated rings. The van der Waals surface area contributed by atoms with Crippen LogP contribution in [0.4, 0.5) is 0 Å². The van der Waals surface area contributed by atoms with Gasteiger partial charge in [0.25, 0.3) is 5.72 Å². The van der Waals surface area contributed by atoms with Gasteiger partial charge in [-0.2, -0.15) is 5.10 Å². The van der Waals surface area contributed by atoms with Crippen LogP contribution < -0.4 is 4.74 Å². The van der Waals surface area contributed by atoms with Crippen LogP contribution in [-0.4, -0.2) is 20.9 Å². The summed E-state index contributed by atoms with van der Waals surface area (Å²) >= 11 is 6.31. The molecule has 0 bridgehead atoms. The summed E-state index contributed by atoms with van der Waals surface area (Å²) in [5.74, 6) is -0.741. The monoisotopic (exact) mass is 484 g/mol. The molecule has 2 unspecified atom stereocenters. The molecule has 5 rings (SSSR count). The number of carboxylic acid groups (broad SMARTS) is 1. The maximum atomic E-state index is 12.5. The lowest BCUT2D eigenvalue weighted by Crippen LogP contribution is -2.45. The Kier molecular flexibility index (Phi) is 6.18. The molecule has 2 atom stereocenters. The molecule has 1 N–H and O–H groups in total. The van der Waals surface area contributed by atoms with Gasteiger partial charge in [0, 0.05) is 35.2 Å².